The van der Waals surface area contributed by atoms with E-state index in [1.165, 1.54) is 71.1 Å². The highest BCUT2D eigenvalue weighted by Crippen LogP contribution is 2.31. The quantitative estimate of drug-likeness (QED) is 0.515. The van der Waals surface area contributed by atoms with Crippen molar-refractivity contribution in [3.63, 3.8) is 0 Å². The molecule has 29 heavy (non-hydrogen) atoms. The third-order valence-electron chi connectivity index (χ3n) is 4.27. The van der Waals surface area contributed by atoms with Gasteiger partial charge in [0.05, 0.1) is 13.1 Å². The lowest BCUT2D eigenvalue weighted by Gasteiger charge is -2.28. The van der Waals surface area contributed by atoms with Crippen molar-refractivity contribution in [2.75, 3.05) is 0 Å². The fourth-order valence-electron chi connectivity index (χ4n) is 2.96. The summed E-state index contributed by atoms with van der Waals surface area (Å²) in [5, 5.41) is 19.3. The molecule has 0 unspecified atom stereocenters. The third-order valence-corrected chi connectivity index (χ3v) is 4.27. The van der Waals surface area contributed by atoms with E-state index in [0.717, 1.165) is 6.07 Å². The minimum atomic E-state index is -1.68. The molecule has 0 amide bonds. The zero-order valence-electron chi connectivity index (χ0n) is 15.1. The molecule has 0 atom stereocenters. The predicted molar refractivity (Wildman–Crippen MR) is 96.8 cm³/mol. The smallest absolute Gasteiger partial charge is 0.137 e. The number of benzene rings is 2. The molecule has 0 spiro atoms. The molecule has 0 bridgehead atoms. The first-order valence-corrected chi connectivity index (χ1v) is 8.62. The minimum Gasteiger partial charge on any atom is -0.457 e. The van der Waals surface area contributed by atoms with E-state index in [1.807, 2.05) is 0 Å². The average molecular weight is 398 g/mol. The van der Waals surface area contributed by atoms with Crippen LogP contribution in [-0.4, -0.2) is 34.6 Å². The number of hydrogen-bond donors (Lipinski definition) is 1. The van der Waals surface area contributed by atoms with Crippen molar-refractivity contribution in [2.24, 2.45) is 0 Å². The van der Waals surface area contributed by atoms with E-state index in [-0.39, 0.29) is 24.4 Å². The Bertz CT molecular complexity index is 1030. The summed E-state index contributed by atoms with van der Waals surface area (Å²) in [4.78, 5) is 7.70. The Balaban J connectivity index is 1.63. The summed E-state index contributed by atoms with van der Waals surface area (Å²) in [6, 6.07) is 9.48. The summed E-state index contributed by atoms with van der Waals surface area (Å²) in [6.45, 7) is -0.107. The summed E-state index contributed by atoms with van der Waals surface area (Å²) in [7, 11) is 0. The van der Waals surface area contributed by atoms with Gasteiger partial charge >= 0.3 is 0 Å². The Morgan fingerprint density at radius 2 is 1.45 bits per heavy atom. The molecule has 4 rings (SSSR count). The van der Waals surface area contributed by atoms with Gasteiger partial charge in [0.1, 0.15) is 54.0 Å². The van der Waals surface area contributed by atoms with Crippen LogP contribution in [0.15, 0.2) is 67.8 Å². The molecule has 8 nitrogen and oxygen atoms in total. The van der Waals surface area contributed by atoms with E-state index in [1.54, 1.807) is 0 Å². The van der Waals surface area contributed by atoms with Gasteiger partial charge in [-0.25, -0.2) is 28.1 Å². The van der Waals surface area contributed by atoms with Crippen LogP contribution in [0.25, 0.3) is 0 Å². The molecule has 0 saturated heterocycles. The molecule has 2 heterocycles. The fraction of sp³-hybridized carbons (Fsp3) is 0.158. The second kappa shape index (κ2) is 7.76. The van der Waals surface area contributed by atoms with Gasteiger partial charge in [0.15, 0.2) is 0 Å². The topological polar surface area (TPSA) is 90.9 Å². The van der Waals surface area contributed by atoms with Crippen LogP contribution >= 0.6 is 0 Å². The lowest BCUT2D eigenvalue weighted by Crippen LogP contribution is -2.37. The highest BCUT2D eigenvalue weighted by atomic mass is 19.1. The van der Waals surface area contributed by atoms with Crippen LogP contribution in [0.3, 0.4) is 0 Å². The maximum absolute atomic E-state index is 15.0. The van der Waals surface area contributed by atoms with Gasteiger partial charge in [-0.2, -0.15) is 10.2 Å². The van der Waals surface area contributed by atoms with E-state index >= 15 is 0 Å². The van der Waals surface area contributed by atoms with Gasteiger partial charge in [-0.3, -0.25) is 0 Å². The average Bonchev–Trinajstić information content (AvgIpc) is 3.38. The van der Waals surface area contributed by atoms with Crippen molar-refractivity contribution in [3.8, 4) is 11.5 Å². The number of ether oxygens (including phenoxy) is 1. The maximum Gasteiger partial charge on any atom is 0.137 e. The Morgan fingerprint density at radius 3 is 1.97 bits per heavy atom. The van der Waals surface area contributed by atoms with Gasteiger partial charge in [0.2, 0.25) is 0 Å². The van der Waals surface area contributed by atoms with Crippen LogP contribution in [0.4, 0.5) is 8.78 Å². The van der Waals surface area contributed by atoms with Crippen LogP contribution in [0.2, 0.25) is 0 Å². The van der Waals surface area contributed by atoms with Crippen molar-refractivity contribution in [2.45, 2.75) is 18.7 Å². The number of aromatic nitrogens is 6. The zero-order valence-corrected chi connectivity index (χ0v) is 15.1. The Morgan fingerprint density at radius 1 is 0.862 bits per heavy atom. The predicted octanol–water partition coefficient (Wildman–Crippen LogP) is 2.53. The normalized spacial score (nSPS) is 11.6. The number of hydrogen-bond acceptors (Lipinski definition) is 6. The van der Waals surface area contributed by atoms with Crippen LogP contribution in [0.1, 0.15) is 5.56 Å². The standard InChI is InChI=1S/C19H16F2N6O2/c20-14-1-3-15(4-2-14)29-16-5-6-17(18(21)7-16)19(28,8-26-12-22-10-24-26)9-27-13-23-11-25-27/h1-7,10-13,28H,8-9H2. The van der Waals surface area contributed by atoms with E-state index in [0.29, 0.717) is 5.75 Å². The number of nitrogens with zero attached hydrogens (tertiary/aromatic N) is 6. The molecule has 148 valence electrons. The molecule has 0 aliphatic rings. The molecule has 1 N–H and O–H groups in total. The lowest BCUT2D eigenvalue weighted by molar-refractivity contribution is -0.00851. The van der Waals surface area contributed by atoms with Crippen LogP contribution in [-0.2, 0) is 18.7 Å². The van der Waals surface area contributed by atoms with Gasteiger partial charge in [-0.1, -0.05) is 0 Å². The van der Waals surface area contributed by atoms with Crippen LogP contribution in [0.5, 0.6) is 11.5 Å². The second-order valence-corrected chi connectivity index (χ2v) is 6.42. The Kier molecular flexibility index (Phi) is 5.00. The van der Waals surface area contributed by atoms with E-state index in [4.69, 9.17) is 4.74 Å². The van der Waals surface area contributed by atoms with Crippen LogP contribution < -0.4 is 4.74 Å². The van der Waals surface area contributed by atoms with Crippen molar-refractivity contribution in [1.82, 2.24) is 29.5 Å². The van der Waals surface area contributed by atoms with Gasteiger partial charge in [0, 0.05) is 11.6 Å². The second-order valence-electron chi connectivity index (χ2n) is 6.42. The zero-order chi connectivity index (χ0) is 20.3. The van der Waals surface area contributed by atoms with E-state index in [2.05, 4.69) is 20.2 Å². The van der Waals surface area contributed by atoms with E-state index in [9.17, 15) is 13.9 Å². The molecule has 0 saturated carbocycles. The van der Waals surface area contributed by atoms with Crippen molar-refractivity contribution >= 4 is 0 Å². The first kappa shape index (κ1) is 18.7. The number of aliphatic hydroxyl groups is 1. The Hall–Kier alpha value is -3.66. The Labute approximate surface area is 164 Å². The summed E-state index contributed by atoms with van der Waals surface area (Å²) < 4.78 is 36.4. The molecule has 0 fully saturated rings. The largest absolute Gasteiger partial charge is 0.457 e. The van der Waals surface area contributed by atoms with Crippen LogP contribution in [0, 0.1) is 11.6 Å². The molecular formula is C19H16F2N6O2. The molecular weight excluding hydrogens is 382 g/mol. The van der Waals surface area contributed by atoms with Crippen molar-refractivity contribution in [1.29, 1.82) is 0 Å². The molecule has 4 aromatic rings. The first-order chi connectivity index (χ1) is 14.0. The summed E-state index contributed by atoms with van der Waals surface area (Å²) in [6.07, 6.45) is 5.50. The monoisotopic (exact) mass is 398 g/mol. The lowest BCUT2D eigenvalue weighted by atomic mass is 9.93. The first-order valence-electron chi connectivity index (χ1n) is 8.62. The van der Waals surface area contributed by atoms with Gasteiger partial charge < -0.3 is 9.84 Å². The minimum absolute atomic E-state index is 0.0370. The van der Waals surface area contributed by atoms with Gasteiger partial charge in [0.25, 0.3) is 0 Å². The SMILES string of the molecule is OC(Cn1cncn1)(Cn1cncn1)c1ccc(Oc2ccc(F)cc2)cc1F. The molecule has 10 heteroatoms. The molecule has 2 aromatic heterocycles. The van der Waals surface area contributed by atoms with Gasteiger partial charge in [-0.05, 0) is 36.4 Å². The molecule has 0 aliphatic heterocycles. The summed E-state index contributed by atoms with van der Waals surface area (Å²) >= 11 is 0. The molecule has 0 radical (unpaired) electrons. The molecule has 2 aromatic carbocycles. The van der Waals surface area contributed by atoms with Crippen molar-refractivity contribution < 1.29 is 18.6 Å². The highest BCUT2D eigenvalue weighted by Gasteiger charge is 2.34. The highest BCUT2D eigenvalue weighted by molar-refractivity contribution is 5.36. The maximum atomic E-state index is 15.0. The van der Waals surface area contributed by atoms with Gasteiger partial charge in [-0.15, -0.1) is 0 Å². The summed E-state index contributed by atoms with van der Waals surface area (Å²) in [5.74, 6) is -0.502. The third kappa shape index (κ3) is 4.27. The van der Waals surface area contributed by atoms with E-state index < -0.39 is 17.2 Å². The van der Waals surface area contributed by atoms with Crippen molar-refractivity contribution in [3.05, 3.63) is 85.0 Å². The summed E-state index contributed by atoms with van der Waals surface area (Å²) in [5.41, 5.74) is -1.64. The fourth-order valence-corrected chi connectivity index (χ4v) is 2.96. The number of halogens is 2. The number of rotatable bonds is 7. The molecule has 0 aliphatic carbocycles.